The minimum absolute atomic E-state index is 0.134. The molecular formula is C14H19NO4S. The number of rotatable bonds is 7. The monoisotopic (exact) mass is 297 g/mol. The largest absolute Gasteiger partial charge is 0.480 e. The zero-order valence-electron chi connectivity index (χ0n) is 11.5. The summed E-state index contributed by atoms with van der Waals surface area (Å²) in [5.41, 5.74) is 0. The summed E-state index contributed by atoms with van der Waals surface area (Å²) >= 11 is 0. The van der Waals surface area contributed by atoms with Crippen molar-refractivity contribution in [2.24, 2.45) is 5.92 Å². The van der Waals surface area contributed by atoms with E-state index in [4.69, 9.17) is 5.11 Å². The van der Waals surface area contributed by atoms with Gasteiger partial charge in [-0.3, -0.25) is 9.00 Å². The van der Waals surface area contributed by atoms with Gasteiger partial charge >= 0.3 is 5.97 Å². The lowest BCUT2D eigenvalue weighted by atomic mass is 10.1. The summed E-state index contributed by atoms with van der Waals surface area (Å²) in [6, 6.07) is 7.85. The third kappa shape index (κ3) is 5.13. The van der Waals surface area contributed by atoms with Crippen molar-refractivity contribution >= 4 is 22.7 Å². The fraction of sp³-hybridized carbons (Fsp3) is 0.429. The fourth-order valence-corrected chi connectivity index (χ4v) is 2.66. The topological polar surface area (TPSA) is 83.5 Å². The molecule has 20 heavy (non-hydrogen) atoms. The molecule has 6 heteroatoms. The lowest BCUT2D eigenvalue weighted by Gasteiger charge is -2.15. The number of nitrogens with one attached hydrogen (secondary N) is 1. The van der Waals surface area contributed by atoms with Crippen molar-refractivity contribution < 1.29 is 18.9 Å². The first-order valence-corrected chi connectivity index (χ1v) is 7.70. The molecule has 0 aliphatic heterocycles. The number of amides is 1. The highest BCUT2D eigenvalue weighted by atomic mass is 32.2. The first kappa shape index (κ1) is 16.4. The molecule has 0 aliphatic carbocycles. The Morgan fingerprint density at radius 3 is 2.35 bits per heavy atom. The molecule has 2 N–H and O–H groups in total. The zero-order chi connectivity index (χ0) is 15.1. The number of carboxylic acid groups (broad SMARTS) is 1. The molecule has 0 bridgehead atoms. The van der Waals surface area contributed by atoms with Crippen LogP contribution in [0.3, 0.4) is 0 Å². The van der Waals surface area contributed by atoms with Gasteiger partial charge < -0.3 is 10.4 Å². The van der Waals surface area contributed by atoms with Crippen LogP contribution in [0.15, 0.2) is 35.2 Å². The van der Waals surface area contributed by atoms with Gasteiger partial charge in [0.05, 0.1) is 10.8 Å². The third-order valence-corrected chi connectivity index (χ3v) is 4.14. The molecule has 1 amide bonds. The molecule has 0 heterocycles. The lowest BCUT2D eigenvalue weighted by Crippen LogP contribution is -2.43. The number of benzene rings is 1. The third-order valence-electron chi connectivity index (χ3n) is 2.74. The molecule has 0 saturated carbocycles. The highest BCUT2D eigenvalue weighted by Crippen LogP contribution is 2.08. The van der Waals surface area contributed by atoms with Gasteiger partial charge in [-0.05, 0) is 18.6 Å². The second kappa shape index (κ2) is 7.79. The second-order valence-electron chi connectivity index (χ2n) is 4.71. The van der Waals surface area contributed by atoms with E-state index in [0.717, 1.165) is 0 Å². The summed E-state index contributed by atoms with van der Waals surface area (Å²) in [4.78, 5) is 23.3. The Morgan fingerprint density at radius 1 is 1.25 bits per heavy atom. The van der Waals surface area contributed by atoms with E-state index < -0.39 is 22.8 Å². The SMILES string of the molecule is CC(C)C(=O)N[C@H](CC[S@](=O)c1ccccc1)C(=O)O. The van der Waals surface area contributed by atoms with Gasteiger partial charge in [-0.15, -0.1) is 0 Å². The van der Waals surface area contributed by atoms with Gasteiger partial charge in [-0.2, -0.15) is 0 Å². The van der Waals surface area contributed by atoms with Gasteiger partial charge in [0.15, 0.2) is 0 Å². The summed E-state index contributed by atoms with van der Waals surface area (Å²) in [5.74, 6) is -1.51. The van der Waals surface area contributed by atoms with Crippen molar-refractivity contribution in [3.05, 3.63) is 30.3 Å². The second-order valence-corrected chi connectivity index (χ2v) is 6.28. The maximum Gasteiger partial charge on any atom is 0.326 e. The average Bonchev–Trinajstić information content (AvgIpc) is 2.43. The number of hydrogen-bond acceptors (Lipinski definition) is 3. The lowest BCUT2D eigenvalue weighted by molar-refractivity contribution is -0.142. The van der Waals surface area contributed by atoms with Crippen LogP contribution in [-0.2, 0) is 20.4 Å². The van der Waals surface area contributed by atoms with E-state index in [0.29, 0.717) is 4.90 Å². The Kier molecular flexibility index (Phi) is 6.38. The maximum absolute atomic E-state index is 12.0. The van der Waals surface area contributed by atoms with E-state index in [2.05, 4.69) is 5.32 Å². The van der Waals surface area contributed by atoms with Crippen LogP contribution in [0.4, 0.5) is 0 Å². The van der Waals surface area contributed by atoms with Crippen LogP contribution in [0.1, 0.15) is 20.3 Å². The van der Waals surface area contributed by atoms with E-state index in [9.17, 15) is 13.8 Å². The van der Waals surface area contributed by atoms with E-state index in [1.54, 1.807) is 38.1 Å². The Hall–Kier alpha value is -1.69. The van der Waals surface area contributed by atoms with Gasteiger partial charge in [0.2, 0.25) is 5.91 Å². The summed E-state index contributed by atoms with van der Waals surface area (Å²) in [5, 5.41) is 11.5. The molecule has 0 aliphatic rings. The molecule has 0 aromatic heterocycles. The highest BCUT2D eigenvalue weighted by Gasteiger charge is 2.22. The van der Waals surface area contributed by atoms with E-state index in [-0.39, 0.29) is 24.0 Å². The molecule has 1 rings (SSSR count). The molecule has 0 fully saturated rings. The van der Waals surface area contributed by atoms with E-state index >= 15 is 0 Å². The van der Waals surface area contributed by atoms with Crippen molar-refractivity contribution in [1.82, 2.24) is 5.32 Å². The predicted molar refractivity (Wildman–Crippen MR) is 76.7 cm³/mol. The number of carbonyl (C=O) groups excluding carboxylic acids is 1. The minimum Gasteiger partial charge on any atom is -0.480 e. The molecule has 110 valence electrons. The molecule has 0 radical (unpaired) electrons. The van der Waals surface area contributed by atoms with Crippen LogP contribution in [0.2, 0.25) is 0 Å². The number of aliphatic carboxylic acids is 1. The molecular weight excluding hydrogens is 278 g/mol. The normalized spacial score (nSPS) is 13.8. The molecule has 2 atom stereocenters. The van der Waals surface area contributed by atoms with Crippen LogP contribution < -0.4 is 5.32 Å². The number of carbonyl (C=O) groups is 2. The number of carboxylic acids is 1. The molecule has 5 nitrogen and oxygen atoms in total. The van der Waals surface area contributed by atoms with Crippen molar-refractivity contribution in [2.75, 3.05) is 5.75 Å². The Morgan fingerprint density at radius 2 is 1.85 bits per heavy atom. The van der Waals surface area contributed by atoms with Crippen molar-refractivity contribution in [1.29, 1.82) is 0 Å². The summed E-state index contributed by atoms with van der Waals surface area (Å²) in [7, 11) is -1.26. The van der Waals surface area contributed by atoms with Gasteiger partial charge in [0, 0.05) is 16.6 Å². The Balaban J connectivity index is 2.57. The molecule has 0 saturated heterocycles. The van der Waals surface area contributed by atoms with Crippen LogP contribution in [0.5, 0.6) is 0 Å². The Bertz CT molecular complexity index is 487. The van der Waals surface area contributed by atoms with Crippen molar-refractivity contribution in [3.8, 4) is 0 Å². The minimum atomic E-state index is -1.26. The quantitative estimate of drug-likeness (QED) is 0.797. The smallest absolute Gasteiger partial charge is 0.326 e. The summed E-state index contributed by atoms with van der Waals surface area (Å²) in [6.07, 6.45) is 0.134. The van der Waals surface area contributed by atoms with Gasteiger partial charge in [0.25, 0.3) is 0 Å². The average molecular weight is 297 g/mol. The highest BCUT2D eigenvalue weighted by molar-refractivity contribution is 7.85. The van der Waals surface area contributed by atoms with Crippen LogP contribution in [-0.4, -0.2) is 33.0 Å². The van der Waals surface area contributed by atoms with E-state index in [1.165, 1.54) is 0 Å². The fourth-order valence-electron chi connectivity index (χ4n) is 1.51. The standard InChI is InChI=1S/C14H19NO4S/c1-10(2)13(16)15-12(14(17)18)8-9-20(19)11-6-4-3-5-7-11/h3-7,10,12H,8-9H2,1-2H3,(H,15,16)(H,17,18)/t12-,20+/m1/s1. The molecule has 0 spiro atoms. The van der Waals surface area contributed by atoms with Gasteiger partial charge in [-0.1, -0.05) is 32.0 Å². The molecule has 1 aromatic rings. The first-order chi connectivity index (χ1) is 9.41. The predicted octanol–water partition coefficient (Wildman–Crippen LogP) is 1.41. The summed E-state index contributed by atoms with van der Waals surface area (Å²) in [6.45, 7) is 3.38. The summed E-state index contributed by atoms with van der Waals surface area (Å²) < 4.78 is 12.0. The van der Waals surface area contributed by atoms with Crippen molar-refractivity contribution in [2.45, 2.75) is 31.2 Å². The van der Waals surface area contributed by atoms with E-state index in [1.807, 2.05) is 6.07 Å². The van der Waals surface area contributed by atoms with Gasteiger partial charge in [-0.25, -0.2) is 4.79 Å². The zero-order valence-corrected chi connectivity index (χ0v) is 12.4. The van der Waals surface area contributed by atoms with Crippen LogP contribution >= 0.6 is 0 Å². The Labute approximate surface area is 120 Å². The number of hydrogen-bond donors (Lipinski definition) is 2. The maximum atomic E-state index is 12.0. The first-order valence-electron chi connectivity index (χ1n) is 6.38. The molecule has 0 unspecified atom stereocenters. The van der Waals surface area contributed by atoms with Crippen LogP contribution in [0.25, 0.3) is 0 Å². The molecule has 1 aromatic carbocycles. The van der Waals surface area contributed by atoms with Gasteiger partial charge in [0.1, 0.15) is 6.04 Å². The van der Waals surface area contributed by atoms with Crippen LogP contribution in [0, 0.1) is 5.92 Å². The van der Waals surface area contributed by atoms with Crippen molar-refractivity contribution in [3.63, 3.8) is 0 Å².